The van der Waals surface area contributed by atoms with Crippen LogP contribution in [0.4, 0.5) is 19.0 Å². The molecule has 0 aliphatic rings. The molecule has 5 N–H and O–H groups in total. The number of rotatable bonds is 7. The van der Waals surface area contributed by atoms with Gasteiger partial charge in [0, 0.05) is 5.56 Å². The van der Waals surface area contributed by atoms with Crippen LogP contribution in [0.3, 0.4) is 0 Å². The van der Waals surface area contributed by atoms with E-state index < -0.39 is 36.8 Å². The number of benzene rings is 1. The van der Waals surface area contributed by atoms with Gasteiger partial charge in [0.1, 0.15) is 29.8 Å². The maximum Gasteiger partial charge on any atom is 0.307 e. The second-order valence-electron chi connectivity index (χ2n) is 5.24. The maximum atomic E-state index is 13.0. The van der Waals surface area contributed by atoms with Crippen LogP contribution >= 0.6 is 0 Å². The molecular weight excluding hydrogens is 341 g/mol. The van der Waals surface area contributed by atoms with E-state index in [1.165, 1.54) is 24.3 Å². The molecular formula is C15H15F3N4O3. The molecule has 1 atom stereocenters. The third kappa shape index (κ3) is 3.73. The van der Waals surface area contributed by atoms with Crippen molar-refractivity contribution in [2.75, 3.05) is 12.4 Å². The molecule has 1 aromatic carbocycles. The number of nitrogens with zero attached hydrogens (tertiary/aromatic N) is 2. The zero-order chi connectivity index (χ0) is 18.7. The molecule has 0 saturated carbocycles. The van der Waals surface area contributed by atoms with Gasteiger partial charge >= 0.3 is 5.97 Å². The van der Waals surface area contributed by atoms with E-state index in [-0.39, 0.29) is 17.7 Å². The number of carbonyl (C=O) groups is 2. The van der Waals surface area contributed by atoms with Crippen LogP contribution in [0.5, 0.6) is 0 Å². The van der Waals surface area contributed by atoms with E-state index in [4.69, 9.17) is 16.6 Å². The zero-order valence-corrected chi connectivity index (χ0v) is 12.8. The van der Waals surface area contributed by atoms with Gasteiger partial charge < -0.3 is 16.6 Å². The molecule has 0 saturated heterocycles. The lowest BCUT2D eigenvalue weighted by molar-refractivity contribution is -0.136. The van der Waals surface area contributed by atoms with Crippen molar-refractivity contribution in [3.8, 4) is 11.3 Å². The van der Waals surface area contributed by atoms with Crippen LogP contribution in [0.25, 0.3) is 11.3 Å². The molecule has 1 amide bonds. The fourth-order valence-electron chi connectivity index (χ4n) is 2.34. The minimum Gasteiger partial charge on any atom is -0.481 e. The molecule has 1 heterocycles. The van der Waals surface area contributed by atoms with E-state index >= 15 is 0 Å². The predicted octanol–water partition coefficient (Wildman–Crippen LogP) is 1.63. The van der Waals surface area contributed by atoms with Crippen molar-refractivity contribution in [1.29, 1.82) is 0 Å². The largest absolute Gasteiger partial charge is 0.481 e. The quantitative estimate of drug-likeness (QED) is 0.695. The number of nitrogen functional groups attached to an aromatic ring is 1. The zero-order valence-electron chi connectivity index (χ0n) is 12.8. The molecule has 0 bridgehead atoms. The molecule has 1 unspecified atom stereocenters. The number of alkyl halides is 3. The van der Waals surface area contributed by atoms with Crippen molar-refractivity contribution in [3.63, 3.8) is 0 Å². The lowest BCUT2D eigenvalue weighted by Crippen LogP contribution is -2.23. The number of hydrogen-bond acceptors (Lipinski definition) is 4. The highest BCUT2D eigenvalue weighted by molar-refractivity contribution is 6.03. The normalized spacial score (nSPS) is 12.3. The van der Waals surface area contributed by atoms with E-state index in [2.05, 4.69) is 5.10 Å². The van der Waals surface area contributed by atoms with Gasteiger partial charge in [-0.1, -0.05) is 24.3 Å². The number of hydrogen-bond donors (Lipinski definition) is 3. The smallest absolute Gasteiger partial charge is 0.307 e. The Morgan fingerprint density at radius 3 is 2.28 bits per heavy atom. The summed E-state index contributed by atoms with van der Waals surface area (Å²) in [5, 5.41) is 12.6. The summed E-state index contributed by atoms with van der Waals surface area (Å²) < 4.78 is 39.4. The predicted molar refractivity (Wildman–Crippen MR) is 82.9 cm³/mol. The van der Waals surface area contributed by atoms with E-state index in [9.17, 15) is 22.8 Å². The van der Waals surface area contributed by atoms with Crippen LogP contribution in [0.15, 0.2) is 24.3 Å². The van der Waals surface area contributed by atoms with Crippen LogP contribution < -0.4 is 11.5 Å². The first-order chi connectivity index (χ1) is 11.8. The van der Waals surface area contributed by atoms with Crippen LogP contribution in [0.1, 0.15) is 22.0 Å². The highest BCUT2D eigenvalue weighted by atomic mass is 19.3. The number of carboxylic acids is 1. The standard InChI is InChI=1S/C15H15F3N4O3/c16-6-9(13(17)18)22-14(19)11(15(20)25)12(21-22)8-3-1-7(2-4-8)5-10(23)24/h1-4,9,13H,5-6,19H2,(H2,20,25)(H,23,24). The Bertz CT molecular complexity index is 790. The van der Waals surface area contributed by atoms with Gasteiger partial charge in [-0.15, -0.1) is 0 Å². The Morgan fingerprint density at radius 1 is 1.24 bits per heavy atom. The van der Waals surface area contributed by atoms with Crippen LogP contribution in [0, 0.1) is 0 Å². The lowest BCUT2D eigenvalue weighted by atomic mass is 10.0. The number of primary amides is 1. The average molecular weight is 356 g/mol. The van der Waals surface area contributed by atoms with Crippen molar-refractivity contribution < 1.29 is 27.9 Å². The van der Waals surface area contributed by atoms with Gasteiger partial charge in [0.15, 0.2) is 0 Å². The number of amides is 1. The molecule has 0 spiro atoms. The van der Waals surface area contributed by atoms with E-state index in [0.29, 0.717) is 15.8 Å². The summed E-state index contributed by atoms with van der Waals surface area (Å²) in [6, 6.07) is 3.90. The topological polar surface area (TPSA) is 124 Å². The summed E-state index contributed by atoms with van der Waals surface area (Å²) in [5.41, 5.74) is 11.3. The minimum atomic E-state index is -3.08. The Morgan fingerprint density at radius 2 is 1.84 bits per heavy atom. The minimum absolute atomic E-state index is 0.0778. The van der Waals surface area contributed by atoms with Crippen molar-refractivity contribution in [2.45, 2.75) is 18.9 Å². The molecule has 1 aromatic heterocycles. The maximum absolute atomic E-state index is 13.0. The lowest BCUT2D eigenvalue weighted by Gasteiger charge is -2.14. The first-order valence-corrected chi connectivity index (χ1v) is 7.09. The number of aliphatic carboxylic acids is 1. The number of halogens is 3. The van der Waals surface area contributed by atoms with Gasteiger partial charge in [-0.05, 0) is 5.56 Å². The first-order valence-electron chi connectivity index (χ1n) is 7.09. The fraction of sp³-hybridized carbons (Fsp3) is 0.267. The first kappa shape index (κ1) is 18.3. The SMILES string of the molecule is NC(=O)c1c(-c2ccc(CC(=O)O)cc2)nn(C(CF)C(F)F)c1N. The summed E-state index contributed by atoms with van der Waals surface area (Å²) in [7, 11) is 0. The van der Waals surface area contributed by atoms with E-state index in [1.54, 1.807) is 0 Å². The summed E-state index contributed by atoms with van der Waals surface area (Å²) in [5.74, 6) is -2.48. The Labute approximate surface area is 140 Å². The monoisotopic (exact) mass is 356 g/mol. The molecule has 0 aliphatic carbocycles. The van der Waals surface area contributed by atoms with Crippen LogP contribution in [0.2, 0.25) is 0 Å². The Kier molecular flexibility index (Phi) is 5.30. The van der Waals surface area contributed by atoms with Crippen LogP contribution in [-0.2, 0) is 11.2 Å². The van der Waals surface area contributed by atoms with Crippen molar-refractivity contribution >= 4 is 17.7 Å². The summed E-state index contributed by atoms with van der Waals surface area (Å²) in [6.45, 7) is -1.43. The molecule has 0 fully saturated rings. The van der Waals surface area contributed by atoms with Gasteiger partial charge in [-0.3, -0.25) is 9.59 Å². The molecule has 134 valence electrons. The summed E-state index contributed by atoms with van der Waals surface area (Å²) in [4.78, 5) is 22.3. The van der Waals surface area contributed by atoms with Crippen molar-refractivity contribution in [2.24, 2.45) is 5.73 Å². The molecule has 2 aromatic rings. The Balaban J connectivity index is 2.53. The average Bonchev–Trinajstić information content (AvgIpc) is 2.85. The number of anilines is 1. The molecule has 0 aliphatic heterocycles. The van der Waals surface area contributed by atoms with E-state index in [0.717, 1.165) is 0 Å². The highest BCUT2D eigenvalue weighted by Crippen LogP contribution is 2.31. The number of nitrogens with two attached hydrogens (primary N) is 2. The summed E-state index contributed by atoms with van der Waals surface area (Å²) >= 11 is 0. The van der Waals surface area contributed by atoms with Gasteiger partial charge in [0.05, 0.1) is 6.42 Å². The van der Waals surface area contributed by atoms with Crippen molar-refractivity contribution in [1.82, 2.24) is 9.78 Å². The van der Waals surface area contributed by atoms with Gasteiger partial charge in [0.2, 0.25) is 0 Å². The van der Waals surface area contributed by atoms with Gasteiger partial charge in [-0.25, -0.2) is 17.9 Å². The van der Waals surface area contributed by atoms with Gasteiger partial charge in [0.25, 0.3) is 12.3 Å². The third-order valence-corrected chi connectivity index (χ3v) is 3.54. The molecule has 2 rings (SSSR count). The Hall–Kier alpha value is -3.04. The fourth-order valence-corrected chi connectivity index (χ4v) is 2.34. The second-order valence-corrected chi connectivity index (χ2v) is 5.24. The molecule has 10 heteroatoms. The summed E-state index contributed by atoms with van der Waals surface area (Å²) in [6.07, 6.45) is -3.30. The van der Waals surface area contributed by atoms with Crippen LogP contribution in [-0.4, -0.2) is 39.9 Å². The number of carbonyl (C=O) groups excluding carboxylic acids is 1. The molecule has 0 radical (unpaired) electrons. The molecule has 25 heavy (non-hydrogen) atoms. The highest BCUT2D eigenvalue weighted by Gasteiger charge is 2.30. The second kappa shape index (κ2) is 7.24. The number of aromatic nitrogens is 2. The molecule has 7 nitrogen and oxygen atoms in total. The number of carboxylic acid groups (broad SMARTS) is 1. The van der Waals surface area contributed by atoms with Crippen molar-refractivity contribution in [3.05, 3.63) is 35.4 Å². The van der Waals surface area contributed by atoms with E-state index in [1.807, 2.05) is 0 Å². The third-order valence-electron chi connectivity index (χ3n) is 3.54. The van der Waals surface area contributed by atoms with Gasteiger partial charge in [-0.2, -0.15) is 5.10 Å².